The fourth-order valence-corrected chi connectivity index (χ4v) is 1.61. The number of nitro groups is 1. The van der Waals surface area contributed by atoms with Gasteiger partial charge in [-0.05, 0) is 33.5 Å². The van der Waals surface area contributed by atoms with Crippen LogP contribution in [0.15, 0.2) is 12.1 Å². The quantitative estimate of drug-likeness (QED) is 0.424. The van der Waals surface area contributed by atoms with Crippen LogP contribution < -0.4 is 10.6 Å². The lowest BCUT2D eigenvalue weighted by Crippen LogP contribution is -2.14. The molecular formula is C12H21N5O2. The SMILES string of the molecule is CNc1cc([N+](=O)[O-])cc(NCCCCN(C)C)n1. The number of pyridine rings is 1. The first kappa shape index (κ1) is 15.2. The second-order valence-corrected chi connectivity index (χ2v) is 4.54. The molecule has 7 nitrogen and oxygen atoms in total. The van der Waals surface area contributed by atoms with Crippen LogP contribution in [0.5, 0.6) is 0 Å². The second-order valence-electron chi connectivity index (χ2n) is 4.54. The number of nitrogens with one attached hydrogen (secondary N) is 2. The minimum absolute atomic E-state index is 0.0372. The normalized spacial score (nSPS) is 10.5. The molecule has 0 radical (unpaired) electrons. The number of unbranched alkanes of at least 4 members (excludes halogenated alkanes) is 1. The number of nitrogens with zero attached hydrogens (tertiary/aromatic N) is 3. The van der Waals surface area contributed by atoms with E-state index in [0.29, 0.717) is 11.6 Å². The summed E-state index contributed by atoms with van der Waals surface area (Å²) in [6.45, 7) is 1.79. The molecule has 0 unspecified atom stereocenters. The van der Waals surface area contributed by atoms with Gasteiger partial charge in [0.05, 0.1) is 17.1 Å². The third kappa shape index (κ3) is 5.52. The van der Waals surface area contributed by atoms with E-state index < -0.39 is 4.92 Å². The van der Waals surface area contributed by atoms with Gasteiger partial charge in [0, 0.05) is 13.6 Å². The first-order valence-electron chi connectivity index (χ1n) is 6.25. The van der Waals surface area contributed by atoms with E-state index in [4.69, 9.17) is 0 Å². The molecule has 0 aromatic carbocycles. The molecule has 19 heavy (non-hydrogen) atoms. The molecule has 0 saturated carbocycles. The van der Waals surface area contributed by atoms with Crippen molar-refractivity contribution in [2.24, 2.45) is 0 Å². The standard InChI is InChI=1S/C12H21N5O2/c1-13-11-8-10(17(18)19)9-12(15-11)14-6-4-5-7-16(2)3/h8-9H,4-7H2,1-3H3,(H2,13,14,15). The lowest BCUT2D eigenvalue weighted by Gasteiger charge is -2.10. The zero-order valence-corrected chi connectivity index (χ0v) is 11.6. The summed E-state index contributed by atoms with van der Waals surface area (Å²) in [5, 5.41) is 16.7. The number of anilines is 2. The van der Waals surface area contributed by atoms with Gasteiger partial charge in [0.15, 0.2) is 0 Å². The third-order valence-electron chi connectivity index (χ3n) is 2.62. The Kier molecular flexibility index (Phi) is 6.01. The molecular weight excluding hydrogens is 246 g/mol. The predicted molar refractivity (Wildman–Crippen MR) is 76.7 cm³/mol. The van der Waals surface area contributed by atoms with Crippen LogP contribution >= 0.6 is 0 Å². The molecule has 1 aromatic rings. The zero-order chi connectivity index (χ0) is 14.3. The van der Waals surface area contributed by atoms with Gasteiger partial charge in [-0.2, -0.15) is 0 Å². The van der Waals surface area contributed by atoms with Gasteiger partial charge in [-0.1, -0.05) is 0 Å². The van der Waals surface area contributed by atoms with E-state index in [1.54, 1.807) is 7.05 Å². The summed E-state index contributed by atoms with van der Waals surface area (Å²) in [5.74, 6) is 1.02. The lowest BCUT2D eigenvalue weighted by molar-refractivity contribution is -0.384. The average Bonchev–Trinajstić information content (AvgIpc) is 2.37. The van der Waals surface area contributed by atoms with Crippen molar-refractivity contribution in [2.45, 2.75) is 12.8 Å². The summed E-state index contributed by atoms with van der Waals surface area (Å²) >= 11 is 0. The van der Waals surface area contributed by atoms with Crippen LogP contribution in [0.1, 0.15) is 12.8 Å². The van der Waals surface area contributed by atoms with Crippen molar-refractivity contribution < 1.29 is 4.92 Å². The maximum absolute atomic E-state index is 10.8. The Bertz CT molecular complexity index is 423. The molecule has 0 spiro atoms. The number of rotatable bonds is 8. The van der Waals surface area contributed by atoms with E-state index in [2.05, 4.69) is 20.5 Å². The molecule has 0 aliphatic heterocycles. The molecule has 0 aliphatic rings. The number of hydrogen-bond acceptors (Lipinski definition) is 6. The second kappa shape index (κ2) is 7.52. The van der Waals surface area contributed by atoms with Crippen LogP contribution in [0.2, 0.25) is 0 Å². The van der Waals surface area contributed by atoms with E-state index in [-0.39, 0.29) is 5.69 Å². The number of aromatic nitrogens is 1. The highest BCUT2D eigenvalue weighted by molar-refractivity contribution is 5.54. The molecule has 0 saturated heterocycles. The van der Waals surface area contributed by atoms with Crippen LogP contribution in [0, 0.1) is 10.1 Å². The van der Waals surface area contributed by atoms with Crippen LogP contribution in [0.3, 0.4) is 0 Å². The van der Waals surface area contributed by atoms with Crippen molar-refractivity contribution in [3.05, 3.63) is 22.2 Å². The van der Waals surface area contributed by atoms with Gasteiger partial charge in [0.2, 0.25) is 0 Å². The van der Waals surface area contributed by atoms with Crippen molar-refractivity contribution in [2.75, 3.05) is 44.9 Å². The molecule has 1 aromatic heterocycles. The van der Waals surface area contributed by atoms with Gasteiger partial charge in [0.25, 0.3) is 5.69 Å². The van der Waals surface area contributed by atoms with Crippen LogP contribution in [-0.2, 0) is 0 Å². The van der Waals surface area contributed by atoms with Gasteiger partial charge in [0.1, 0.15) is 11.6 Å². The Morgan fingerprint density at radius 2 is 2.00 bits per heavy atom. The van der Waals surface area contributed by atoms with E-state index in [1.807, 2.05) is 14.1 Å². The first-order valence-corrected chi connectivity index (χ1v) is 6.25. The first-order chi connectivity index (χ1) is 9.02. The fourth-order valence-electron chi connectivity index (χ4n) is 1.61. The Morgan fingerprint density at radius 1 is 1.32 bits per heavy atom. The van der Waals surface area contributed by atoms with E-state index in [1.165, 1.54) is 12.1 Å². The molecule has 106 valence electrons. The van der Waals surface area contributed by atoms with Crippen molar-refractivity contribution in [3.63, 3.8) is 0 Å². The van der Waals surface area contributed by atoms with Crippen molar-refractivity contribution in [1.82, 2.24) is 9.88 Å². The van der Waals surface area contributed by atoms with Gasteiger partial charge >= 0.3 is 0 Å². The minimum atomic E-state index is -0.417. The Balaban J connectivity index is 2.53. The minimum Gasteiger partial charge on any atom is -0.373 e. The number of hydrogen-bond donors (Lipinski definition) is 2. The molecule has 0 bridgehead atoms. The maximum Gasteiger partial charge on any atom is 0.276 e. The molecule has 7 heteroatoms. The molecule has 0 amide bonds. The topological polar surface area (TPSA) is 83.3 Å². The summed E-state index contributed by atoms with van der Waals surface area (Å²) in [5.41, 5.74) is 0.0372. The molecule has 0 atom stereocenters. The monoisotopic (exact) mass is 267 g/mol. The third-order valence-corrected chi connectivity index (χ3v) is 2.62. The zero-order valence-electron chi connectivity index (χ0n) is 11.6. The van der Waals surface area contributed by atoms with Gasteiger partial charge in [-0.25, -0.2) is 4.98 Å². The smallest absolute Gasteiger partial charge is 0.276 e. The van der Waals surface area contributed by atoms with Crippen LogP contribution in [0.25, 0.3) is 0 Å². The molecule has 0 fully saturated rings. The summed E-state index contributed by atoms with van der Waals surface area (Å²) in [7, 11) is 5.76. The molecule has 1 rings (SSSR count). The van der Waals surface area contributed by atoms with E-state index in [0.717, 1.165) is 25.9 Å². The van der Waals surface area contributed by atoms with Gasteiger partial charge in [-0.15, -0.1) is 0 Å². The molecule has 1 heterocycles. The van der Waals surface area contributed by atoms with Crippen molar-refractivity contribution in [3.8, 4) is 0 Å². The summed E-state index contributed by atoms with van der Waals surface area (Å²) in [6.07, 6.45) is 2.07. The van der Waals surface area contributed by atoms with Crippen LogP contribution in [0.4, 0.5) is 17.3 Å². The summed E-state index contributed by atoms with van der Waals surface area (Å²) < 4.78 is 0. The van der Waals surface area contributed by atoms with Gasteiger partial charge in [-0.3, -0.25) is 10.1 Å². The Labute approximate surface area is 113 Å². The molecule has 0 aliphatic carbocycles. The average molecular weight is 267 g/mol. The Morgan fingerprint density at radius 3 is 2.58 bits per heavy atom. The highest BCUT2D eigenvalue weighted by Crippen LogP contribution is 2.20. The van der Waals surface area contributed by atoms with E-state index in [9.17, 15) is 10.1 Å². The highest BCUT2D eigenvalue weighted by atomic mass is 16.6. The highest BCUT2D eigenvalue weighted by Gasteiger charge is 2.10. The summed E-state index contributed by atoms with van der Waals surface area (Å²) in [4.78, 5) is 16.7. The van der Waals surface area contributed by atoms with Crippen molar-refractivity contribution in [1.29, 1.82) is 0 Å². The molecule has 2 N–H and O–H groups in total. The Hall–Kier alpha value is -1.89. The lowest BCUT2D eigenvalue weighted by atomic mass is 10.3. The van der Waals surface area contributed by atoms with Crippen molar-refractivity contribution >= 4 is 17.3 Å². The maximum atomic E-state index is 10.8. The van der Waals surface area contributed by atoms with Gasteiger partial charge < -0.3 is 15.5 Å². The largest absolute Gasteiger partial charge is 0.373 e. The predicted octanol–water partition coefficient (Wildman–Crippen LogP) is 1.79. The van der Waals surface area contributed by atoms with Crippen LogP contribution in [-0.4, -0.2) is 49.0 Å². The summed E-state index contributed by atoms with van der Waals surface area (Å²) in [6, 6.07) is 2.87. The fraction of sp³-hybridized carbons (Fsp3) is 0.583. The van der Waals surface area contributed by atoms with E-state index >= 15 is 0 Å².